The lowest BCUT2D eigenvalue weighted by Crippen LogP contribution is -2.46. The first-order valence-electron chi connectivity index (χ1n) is 8.41. The quantitative estimate of drug-likeness (QED) is 0.603. The average molecular weight is 364 g/mol. The van der Waals surface area contributed by atoms with Crippen LogP contribution < -0.4 is 4.90 Å². The number of anilines is 1. The molecule has 0 bridgehead atoms. The van der Waals surface area contributed by atoms with Gasteiger partial charge in [-0.3, -0.25) is 15.0 Å². The van der Waals surface area contributed by atoms with E-state index in [-0.39, 0.29) is 10.6 Å². The van der Waals surface area contributed by atoms with Crippen molar-refractivity contribution >= 4 is 23.1 Å². The maximum absolute atomic E-state index is 11.5. The Morgan fingerprint density at radius 2 is 2.00 bits per heavy atom. The summed E-state index contributed by atoms with van der Waals surface area (Å²) >= 11 is 6.05. The third kappa shape index (κ3) is 3.77. The van der Waals surface area contributed by atoms with Crippen LogP contribution in [0.3, 0.4) is 0 Å². The van der Waals surface area contributed by atoms with Crippen LogP contribution in [0.25, 0.3) is 0 Å². The lowest BCUT2D eigenvalue weighted by Gasteiger charge is -2.35. The van der Waals surface area contributed by atoms with Gasteiger partial charge in [-0.05, 0) is 24.1 Å². The van der Waals surface area contributed by atoms with Crippen LogP contribution in [0.15, 0.2) is 24.3 Å². The number of benzene rings is 1. The Bertz CT molecular complexity index is 768. The van der Waals surface area contributed by atoms with Crippen molar-refractivity contribution in [1.82, 2.24) is 14.7 Å². The molecule has 1 saturated heterocycles. The first-order chi connectivity index (χ1) is 12.0. The van der Waals surface area contributed by atoms with E-state index in [0.717, 1.165) is 37.7 Å². The summed E-state index contributed by atoms with van der Waals surface area (Å²) in [4.78, 5) is 15.6. The molecule has 0 atom stereocenters. The minimum Gasteiger partial charge on any atom is -0.349 e. The number of nitro groups is 1. The zero-order valence-electron chi connectivity index (χ0n) is 14.5. The van der Waals surface area contributed by atoms with Gasteiger partial charge in [0.05, 0.1) is 4.92 Å². The number of rotatable bonds is 5. The average Bonchev–Trinajstić information content (AvgIpc) is 2.92. The van der Waals surface area contributed by atoms with Gasteiger partial charge < -0.3 is 4.90 Å². The van der Waals surface area contributed by atoms with E-state index in [0.29, 0.717) is 17.9 Å². The molecule has 0 radical (unpaired) electrons. The monoisotopic (exact) mass is 363 g/mol. The molecule has 0 spiro atoms. The van der Waals surface area contributed by atoms with E-state index in [4.69, 9.17) is 11.6 Å². The molecule has 1 aliphatic heterocycles. The zero-order valence-corrected chi connectivity index (χ0v) is 15.2. The van der Waals surface area contributed by atoms with Crippen molar-refractivity contribution in [3.63, 3.8) is 0 Å². The number of nitrogens with zero attached hydrogens (tertiary/aromatic N) is 5. The number of hydrogen-bond donors (Lipinski definition) is 0. The molecule has 3 rings (SSSR count). The molecule has 8 heteroatoms. The number of halogens is 1. The Kier molecular flexibility index (Phi) is 5.24. The van der Waals surface area contributed by atoms with E-state index >= 15 is 0 Å². The molecular formula is C17H22ClN5O2. The van der Waals surface area contributed by atoms with E-state index in [9.17, 15) is 10.1 Å². The highest BCUT2D eigenvalue weighted by Gasteiger charge is 2.31. The number of piperazine rings is 1. The highest BCUT2D eigenvalue weighted by Crippen LogP contribution is 2.32. The number of aryl methyl sites for hydroxylation is 2. The molecule has 1 aliphatic rings. The fraction of sp³-hybridized carbons (Fsp3) is 0.471. The van der Waals surface area contributed by atoms with E-state index in [2.05, 4.69) is 21.0 Å². The zero-order chi connectivity index (χ0) is 18.0. The molecule has 2 heterocycles. The molecule has 0 saturated carbocycles. The molecule has 1 aromatic carbocycles. The van der Waals surface area contributed by atoms with Gasteiger partial charge >= 0.3 is 5.69 Å². The highest BCUT2D eigenvalue weighted by atomic mass is 35.5. The van der Waals surface area contributed by atoms with E-state index < -0.39 is 0 Å². The molecule has 1 fully saturated rings. The Hall–Kier alpha value is -2.12. The molecule has 134 valence electrons. The fourth-order valence-corrected chi connectivity index (χ4v) is 3.56. The van der Waals surface area contributed by atoms with Crippen molar-refractivity contribution in [2.24, 2.45) is 7.05 Å². The van der Waals surface area contributed by atoms with E-state index in [1.807, 2.05) is 25.1 Å². The number of aromatic nitrogens is 2. The largest absolute Gasteiger partial charge is 0.349 e. The Balaban J connectivity index is 1.70. The van der Waals surface area contributed by atoms with Crippen molar-refractivity contribution < 1.29 is 4.92 Å². The summed E-state index contributed by atoms with van der Waals surface area (Å²) in [5, 5.41) is 16.6. The van der Waals surface area contributed by atoms with Gasteiger partial charge in [0.1, 0.15) is 5.69 Å². The lowest BCUT2D eigenvalue weighted by atomic mass is 10.2. The van der Waals surface area contributed by atoms with E-state index in [1.165, 1.54) is 5.56 Å². The first kappa shape index (κ1) is 17.7. The third-order valence-corrected chi connectivity index (χ3v) is 4.78. The molecule has 1 aromatic heterocycles. The van der Waals surface area contributed by atoms with E-state index in [1.54, 1.807) is 11.7 Å². The third-order valence-electron chi connectivity index (χ3n) is 4.55. The summed E-state index contributed by atoms with van der Waals surface area (Å²) in [5.74, 6) is 0.615. The summed E-state index contributed by atoms with van der Waals surface area (Å²) in [7, 11) is 1.78. The van der Waals surface area contributed by atoms with Crippen LogP contribution in [0, 0.1) is 10.1 Å². The molecule has 0 aliphatic carbocycles. The summed E-state index contributed by atoms with van der Waals surface area (Å²) in [6.45, 7) is 5.89. The maximum Gasteiger partial charge on any atom is 0.334 e. The second-order valence-electron chi connectivity index (χ2n) is 6.25. The second-order valence-corrected chi connectivity index (χ2v) is 6.68. The SMILES string of the molecule is CCc1nn(C)c(N2CCN(Cc3cccc(Cl)c3)CC2)c1[N+](=O)[O-]. The molecule has 25 heavy (non-hydrogen) atoms. The summed E-state index contributed by atoms with van der Waals surface area (Å²) in [6, 6.07) is 7.88. The molecule has 0 amide bonds. The van der Waals surface area contributed by atoms with Gasteiger partial charge in [0.15, 0.2) is 0 Å². The van der Waals surface area contributed by atoms with Crippen LogP contribution in [0.4, 0.5) is 11.5 Å². The van der Waals surface area contributed by atoms with Crippen LogP contribution in [0.5, 0.6) is 0 Å². The summed E-state index contributed by atoms with van der Waals surface area (Å²) in [5.41, 5.74) is 1.87. The molecular weight excluding hydrogens is 342 g/mol. The van der Waals surface area contributed by atoms with Gasteiger partial charge in [0.25, 0.3) is 0 Å². The van der Waals surface area contributed by atoms with Crippen molar-refractivity contribution in [2.45, 2.75) is 19.9 Å². The Morgan fingerprint density at radius 3 is 2.60 bits per heavy atom. The van der Waals surface area contributed by atoms with Gasteiger partial charge in [-0.25, -0.2) is 4.68 Å². The Morgan fingerprint density at radius 1 is 1.28 bits per heavy atom. The van der Waals surface area contributed by atoms with Crippen molar-refractivity contribution in [3.8, 4) is 0 Å². The topological polar surface area (TPSA) is 67.4 Å². The van der Waals surface area contributed by atoms with Gasteiger partial charge in [-0.15, -0.1) is 0 Å². The van der Waals surface area contributed by atoms with Crippen LogP contribution in [-0.2, 0) is 20.0 Å². The maximum atomic E-state index is 11.5. The lowest BCUT2D eigenvalue weighted by molar-refractivity contribution is -0.384. The van der Waals surface area contributed by atoms with Crippen LogP contribution in [0.2, 0.25) is 5.02 Å². The normalized spacial score (nSPS) is 15.6. The molecule has 0 unspecified atom stereocenters. The van der Waals surface area contributed by atoms with Gasteiger partial charge in [0, 0.05) is 44.8 Å². The van der Waals surface area contributed by atoms with Crippen LogP contribution in [-0.4, -0.2) is 45.8 Å². The second kappa shape index (κ2) is 7.41. The smallest absolute Gasteiger partial charge is 0.334 e. The molecule has 7 nitrogen and oxygen atoms in total. The summed E-state index contributed by atoms with van der Waals surface area (Å²) in [6.07, 6.45) is 0.554. The van der Waals surface area contributed by atoms with Gasteiger partial charge in [0.2, 0.25) is 5.82 Å². The minimum atomic E-state index is -0.306. The highest BCUT2D eigenvalue weighted by molar-refractivity contribution is 6.30. The van der Waals surface area contributed by atoms with Crippen LogP contribution >= 0.6 is 11.6 Å². The fourth-order valence-electron chi connectivity index (χ4n) is 3.35. The Labute approximate surface area is 151 Å². The van der Waals surface area contributed by atoms with Crippen molar-refractivity contribution in [1.29, 1.82) is 0 Å². The van der Waals surface area contributed by atoms with Gasteiger partial charge in [-0.2, -0.15) is 5.10 Å². The molecule has 0 N–H and O–H groups in total. The number of hydrogen-bond acceptors (Lipinski definition) is 5. The minimum absolute atomic E-state index is 0.147. The summed E-state index contributed by atoms with van der Waals surface area (Å²) < 4.78 is 1.64. The van der Waals surface area contributed by atoms with Crippen molar-refractivity contribution in [2.75, 3.05) is 31.1 Å². The first-order valence-corrected chi connectivity index (χ1v) is 8.79. The van der Waals surface area contributed by atoms with Crippen LogP contribution in [0.1, 0.15) is 18.2 Å². The standard InChI is InChI=1S/C17H22ClN5O2/c1-3-15-16(23(24)25)17(20(2)19-15)22-9-7-21(8-10-22)12-13-5-4-6-14(18)11-13/h4-6,11H,3,7-10,12H2,1-2H3. The van der Waals surface area contributed by atoms with Crippen molar-refractivity contribution in [3.05, 3.63) is 50.7 Å². The molecule has 2 aromatic rings. The predicted molar refractivity (Wildman–Crippen MR) is 98.2 cm³/mol. The predicted octanol–water partition coefficient (Wildman–Crippen LogP) is 2.87. The van der Waals surface area contributed by atoms with Gasteiger partial charge in [-0.1, -0.05) is 30.7 Å².